The Balaban J connectivity index is 1.63. The van der Waals surface area contributed by atoms with E-state index in [0.29, 0.717) is 35.1 Å². The normalized spacial score (nSPS) is 14.9. The van der Waals surface area contributed by atoms with Crippen LogP contribution in [-0.4, -0.2) is 56.5 Å². The molecule has 1 atom stereocenters. The summed E-state index contributed by atoms with van der Waals surface area (Å²) < 4.78 is 55.5. The van der Waals surface area contributed by atoms with E-state index in [-0.39, 0.29) is 6.54 Å². The van der Waals surface area contributed by atoms with Crippen molar-refractivity contribution >= 4 is 17.7 Å². The van der Waals surface area contributed by atoms with E-state index in [9.17, 15) is 22.8 Å². The SMILES string of the molecule is CCc1ccc(CCOc2ccc(N3CC=C(C(F)(F)F)N(C)C3=O)cc2)c(OC(C)C(=O)OC)c1. The minimum Gasteiger partial charge on any atom is -0.493 e. The molecule has 0 fully saturated rings. The first-order valence-corrected chi connectivity index (χ1v) is 11.5. The molecule has 0 aromatic heterocycles. The third-order valence-electron chi connectivity index (χ3n) is 5.80. The molecular weight excluding hydrogens is 477 g/mol. The Kier molecular flexibility index (Phi) is 8.49. The lowest BCUT2D eigenvalue weighted by Crippen LogP contribution is -2.47. The van der Waals surface area contributed by atoms with E-state index in [1.807, 2.05) is 25.1 Å². The Morgan fingerprint density at radius 1 is 1.14 bits per heavy atom. The largest absolute Gasteiger partial charge is 0.493 e. The predicted octanol–water partition coefficient (Wildman–Crippen LogP) is 5.13. The first kappa shape index (κ1) is 26.9. The van der Waals surface area contributed by atoms with Gasteiger partial charge in [-0.15, -0.1) is 0 Å². The summed E-state index contributed by atoms with van der Waals surface area (Å²) in [5.74, 6) is 0.659. The molecule has 2 amide bonds. The van der Waals surface area contributed by atoms with Crippen LogP contribution in [0.1, 0.15) is 25.0 Å². The van der Waals surface area contributed by atoms with Crippen molar-refractivity contribution in [3.8, 4) is 11.5 Å². The molecule has 0 N–H and O–H groups in total. The second-order valence-electron chi connectivity index (χ2n) is 8.21. The van der Waals surface area contributed by atoms with Crippen LogP contribution in [0.3, 0.4) is 0 Å². The standard InChI is InChI=1S/C26H29F3N2O5/c1-5-18-6-7-19(22(16-18)36-17(2)24(32)34-4)13-15-35-21-10-8-20(9-11-21)31-14-12-23(26(27,28)29)30(3)25(31)33/h6-12,16-17H,5,13-15H2,1-4H3. The molecule has 2 aromatic rings. The number of amides is 2. The van der Waals surface area contributed by atoms with Crippen LogP contribution in [0.4, 0.5) is 23.7 Å². The van der Waals surface area contributed by atoms with Crippen LogP contribution in [0.25, 0.3) is 0 Å². The number of rotatable bonds is 9. The molecule has 0 spiro atoms. The van der Waals surface area contributed by atoms with Crippen molar-refractivity contribution in [3.05, 3.63) is 65.4 Å². The first-order valence-electron chi connectivity index (χ1n) is 11.5. The van der Waals surface area contributed by atoms with Crippen LogP contribution >= 0.6 is 0 Å². The number of hydrogen-bond acceptors (Lipinski definition) is 5. The smallest absolute Gasteiger partial charge is 0.431 e. The van der Waals surface area contributed by atoms with Crippen molar-refractivity contribution in [1.29, 1.82) is 0 Å². The van der Waals surface area contributed by atoms with Crippen LogP contribution in [0.15, 0.2) is 54.2 Å². The second kappa shape index (κ2) is 11.4. The fourth-order valence-corrected chi connectivity index (χ4v) is 3.74. The highest BCUT2D eigenvalue weighted by molar-refractivity contribution is 5.94. The van der Waals surface area contributed by atoms with Gasteiger partial charge in [0.25, 0.3) is 0 Å². The maximum Gasteiger partial charge on any atom is 0.431 e. The van der Waals surface area contributed by atoms with Crippen molar-refractivity contribution in [3.63, 3.8) is 0 Å². The summed E-state index contributed by atoms with van der Waals surface area (Å²) in [5.41, 5.74) is 1.42. The Bertz CT molecular complexity index is 1120. The van der Waals surface area contributed by atoms with Gasteiger partial charge in [-0.3, -0.25) is 9.80 Å². The van der Waals surface area contributed by atoms with Gasteiger partial charge in [0.05, 0.1) is 13.7 Å². The van der Waals surface area contributed by atoms with Crippen LogP contribution in [0.5, 0.6) is 11.5 Å². The Labute approximate surface area is 208 Å². The van der Waals surface area contributed by atoms with Gasteiger partial charge in [-0.1, -0.05) is 19.1 Å². The molecule has 0 aliphatic carbocycles. The third-order valence-corrected chi connectivity index (χ3v) is 5.80. The van der Waals surface area contributed by atoms with Gasteiger partial charge >= 0.3 is 18.2 Å². The van der Waals surface area contributed by atoms with Gasteiger partial charge in [0.2, 0.25) is 0 Å². The van der Waals surface area contributed by atoms with E-state index in [1.165, 1.54) is 12.0 Å². The summed E-state index contributed by atoms with van der Waals surface area (Å²) in [6.45, 7) is 3.78. The number of ether oxygens (including phenoxy) is 3. The van der Waals surface area contributed by atoms with Crippen molar-refractivity contribution in [2.24, 2.45) is 0 Å². The molecule has 1 aliphatic rings. The molecule has 0 radical (unpaired) electrons. The second-order valence-corrected chi connectivity index (χ2v) is 8.21. The Morgan fingerprint density at radius 3 is 2.44 bits per heavy atom. The number of halogens is 3. The van der Waals surface area contributed by atoms with Gasteiger partial charge in [0.1, 0.15) is 17.2 Å². The predicted molar refractivity (Wildman–Crippen MR) is 128 cm³/mol. The van der Waals surface area contributed by atoms with E-state index in [1.54, 1.807) is 31.2 Å². The highest BCUT2D eigenvalue weighted by atomic mass is 19.4. The molecule has 3 rings (SSSR count). The highest BCUT2D eigenvalue weighted by Gasteiger charge is 2.41. The number of benzene rings is 2. The lowest BCUT2D eigenvalue weighted by Gasteiger charge is -2.34. The van der Waals surface area contributed by atoms with Crippen LogP contribution in [0, 0.1) is 0 Å². The van der Waals surface area contributed by atoms with Crippen molar-refractivity contribution in [1.82, 2.24) is 4.90 Å². The molecule has 36 heavy (non-hydrogen) atoms. The Hall–Kier alpha value is -3.69. The monoisotopic (exact) mass is 506 g/mol. The molecular formula is C26H29F3N2O5. The minimum absolute atomic E-state index is 0.182. The summed E-state index contributed by atoms with van der Waals surface area (Å²) in [5, 5.41) is 0. The number of aryl methyl sites for hydroxylation is 1. The molecule has 7 nitrogen and oxygen atoms in total. The number of allylic oxidation sites excluding steroid dienone is 1. The van der Waals surface area contributed by atoms with Crippen LogP contribution in [-0.2, 0) is 22.4 Å². The maximum atomic E-state index is 13.0. The number of carbonyl (C=O) groups is 2. The zero-order valence-electron chi connectivity index (χ0n) is 20.6. The number of methoxy groups -OCH3 is 1. The average Bonchev–Trinajstić information content (AvgIpc) is 2.85. The first-order chi connectivity index (χ1) is 17.0. The third kappa shape index (κ3) is 6.30. The molecule has 1 heterocycles. The van der Waals surface area contributed by atoms with Crippen molar-refractivity contribution in [2.45, 2.75) is 39.0 Å². The number of carbonyl (C=O) groups excluding carboxylic acids is 2. The summed E-state index contributed by atoms with van der Waals surface area (Å²) in [7, 11) is 2.41. The average molecular weight is 507 g/mol. The van der Waals surface area contributed by atoms with E-state index in [2.05, 4.69) is 0 Å². The summed E-state index contributed by atoms with van der Waals surface area (Å²) in [6, 6.07) is 11.6. The highest BCUT2D eigenvalue weighted by Crippen LogP contribution is 2.32. The maximum absolute atomic E-state index is 13.0. The fraction of sp³-hybridized carbons (Fsp3) is 0.385. The van der Waals surface area contributed by atoms with Gasteiger partial charge in [-0.05, 0) is 60.9 Å². The van der Waals surface area contributed by atoms with Crippen molar-refractivity contribution < 1.29 is 37.0 Å². The fourth-order valence-electron chi connectivity index (χ4n) is 3.74. The van der Waals surface area contributed by atoms with E-state index in [0.717, 1.165) is 30.7 Å². The van der Waals surface area contributed by atoms with Crippen LogP contribution in [0.2, 0.25) is 0 Å². The molecule has 0 saturated carbocycles. The lowest BCUT2D eigenvalue weighted by atomic mass is 10.1. The Morgan fingerprint density at radius 2 is 1.83 bits per heavy atom. The molecule has 1 unspecified atom stereocenters. The topological polar surface area (TPSA) is 68.3 Å². The zero-order chi connectivity index (χ0) is 26.5. The summed E-state index contributed by atoms with van der Waals surface area (Å²) in [4.78, 5) is 26.1. The quantitative estimate of drug-likeness (QED) is 0.441. The number of esters is 1. The number of nitrogens with zero attached hydrogens (tertiary/aromatic N) is 2. The van der Waals surface area contributed by atoms with Gasteiger partial charge < -0.3 is 14.2 Å². The van der Waals surface area contributed by atoms with E-state index in [4.69, 9.17) is 14.2 Å². The number of hydrogen-bond donors (Lipinski definition) is 0. The van der Waals surface area contributed by atoms with E-state index >= 15 is 0 Å². The summed E-state index contributed by atoms with van der Waals surface area (Å²) >= 11 is 0. The lowest BCUT2D eigenvalue weighted by molar-refractivity contribution is -0.147. The number of anilines is 1. The van der Waals surface area contributed by atoms with Gasteiger partial charge in [-0.2, -0.15) is 13.2 Å². The molecule has 194 valence electrons. The molecule has 10 heteroatoms. The molecule has 0 saturated heterocycles. The molecule has 2 aromatic carbocycles. The van der Waals surface area contributed by atoms with Crippen molar-refractivity contribution in [2.75, 3.05) is 32.2 Å². The van der Waals surface area contributed by atoms with E-state index < -0.39 is 30.0 Å². The van der Waals surface area contributed by atoms with Gasteiger partial charge in [0.15, 0.2) is 6.10 Å². The molecule has 0 bridgehead atoms. The minimum atomic E-state index is -4.59. The number of alkyl halides is 3. The molecule has 1 aliphatic heterocycles. The van der Waals surface area contributed by atoms with Gasteiger partial charge in [0, 0.05) is 25.7 Å². The summed E-state index contributed by atoms with van der Waals surface area (Å²) in [6.07, 6.45) is -3.04. The van der Waals surface area contributed by atoms with Gasteiger partial charge in [-0.25, -0.2) is 9.59 Å². The number of urea groups is 1. The van der Waals surface area contributed by atoms with Crippen LogP contribution < -0.4 is 14.4 Å². The zero-order valence-corrected chi connectivity index (χ0v) is 20.6.